The highest BCUT2D eigenvalue weighted by molar-refractivity contribution is 5.04. The monoisotopic (exact) mass is 251 g/mol. The van der Waals surface area contributed by atoms with Gasteiger partial charge in [0.2, 0.25) is 0 Å². The maximum atomic E-state index is 11.7. The zero-order valence-corrected chi connectivity index (χ0v) is 10.8. The largest absolute Gasteiger partial charge is 0.473 e. The SMILES string of the molecule is Cn1ccnc(OCC2CCCCC2CN)c1=O. The molecule has 1 fully saturated rings. The molecule has 0 radical (unpaired) electrons. The lowest BCUT2D eigenvalue weighted by Gasteiger charge is -2.30. The summed E-state index contributed by atoms with van der Waals surface area (Å²) >= 11 is 0. The van der Waals surface area contributed by atoms with Gasteiger partial charge in [-0.25, -0.2) is 4.98 Å². The summed E-state index contributed by atoms with van der Waals surface area (Å²) in [7, 11) is 1.69. The maximum absolute atomic E-state index is 11.7. The highest BCUT2D eigenvalue weighted by atomic mass is 16.5. The van der Waals surface area contributed by atoms with E-state index in [4.69, 9.17) is 10.5 Å². The van der Waals surface area contributed by atoms with Crippen LogP contribution in [0.15, 0.2) is 17.2 Å². The molecular weight excluding hydrogens is 230 g/mol. The van der Waals surface area contributed by atoms with Gasteiger partial charge in [-0.2, -0.15) is 0 Å². The van der Waals surface area contributed by atoms with Crippen molar-refractivity contribution in [3.05, 3.63) is 22.7 Å². The van der Waals surface area contributed by atoms with E-state index < -0.39 is 0 Å². The van der Waals surface area contributed by atoms with Crippen LogP contribution in [0.25, 0.3) is 0 Å². The van der Waals surface area contributed by atoms with Crippen molar-refractivity contribution in [2.75, 3.05) is 13.2 Å². The van der Waals surface area contributed by atoms with Crippen LogP contribution in [-0.2, 0) is 7.05 Å². The summed E-state index contributed by atoms with van der Waals surface area (Å²) < 4.78 is 7.06. The van der Waals surface area contributed by atoms with E-state index in [9.17, 15) is 4.79 Å². The van der Waals surface area contributed by atoms with E-state index in [0.717, 1.165) is 6.42 Å². The van der Waals surface area contributed by atoms with Crippen LogP contribution in [0.5, 0.6) is 5.88 Å². The van der Waals surface area contributed by atoms with Gasteiger partial charge in [-0.15, -0.1) is 0 Å². The number of nitrogens with two attached hydrogens (primary N) is 1. The lowest BCUT2D eigenvalue weighted by molar-refractivity contribution is 0.147. The summed E-state index contributed by atoms with van der Waals surface area (Å²) in [6.45, 7) is 1.25. The number of aromatic nitrogens is 2. The molecule has 1 aromatic heterocycles. The number of nitrogens with zero attached hydrogens (tertiary/aromatic N) is 2. The molecule has 2 unspecified atom stereocenters. The minimum Gasteiger partial charge on any atom is -0.473 e. The third-order valence-electron chi connectivity index (χ3n) is 3.79. The van der Waals surface area contributed by atoms with Crippen LogP contribution >= 0.6 is 0 Å². The van der Waals surface area contributed by atoms with Gasteiger partial charge < -0.3 is 15.0 Å². The lowest BCUT2D eigenvalue weighted by Crippen LogP contribution is -2.32. The molecule has 1 aliphatic carbocycles. The first-order valence-electron chi connectivity index (χ1n) is 6.57. The van der Waals surface area contributed by atoms with Gasteiger partial charge in [-0.05, 0) is 31.2 Å². The molecule has 2 rings (SSSR count). The van der Waals surface area contributed by atoms with Crippen molar-refractivity contribution >= 4 is 0 Å². The summed E-state index contributed by atoms with van der Waals surface area (Å²) in [6, 6.07) is 0. The summed E-state index contributed by atoms with van der Waals surface area (Å²) in [4.78, 5) is 15.7. The average Bonchev–Trinajstić information content (AvgIpc) is 2.41. The molecule has 0 aromatic carbocycles. The molecule has 0 amide bonds. The van der Waals surface area contributed by atoms with E-state index in [1.165, 1.54) is 23.8 Å². The van der Waals surface area contributed by atoms with Gasteiger partial charge in [-0.3, -0.25) is 4.79 Å². The first-order chi connectivity index (χ1) is 8.72. The number of hydrogen-bond acceptors (Lipinski definition) is 4. The van der Waals surface area contributed by atoms with Crippen molar-refractivity contribution in [2.45, 2.75) is 25.7 Å². The topological polar surface area (TPSA) is 70.1 Å². The molecule has 1 aliphatic rings. The molecule has 1 aromatic rings. The van der Waals surface area contributed by atoms with Crippen molar-refractivity contribution in [1.82, 2.24) is 9.55 Å². The van der Waals surface area contributed by atoms with Crippen molar-refractivity contribution < 1.29 is 4.74 Å². The Labute approximate surface area is 107 Å². The van der Waals surface area contributed by atoms with Gasteiger partial charge in [0.15, 0.2) is 0 Å². The second-order valence-electron chi connectivity index (χ2n) is 5.00. The normalized spacial score (nSPS) is 23.9. The predicted octanol–water partition coefficient (Wildman–Crippen LogP) is 0.924. The molecule has 2 atom stereocenters. The van der Waals surface area contributed by atoms with Gasteiger partial charge in [0.1, 0.15) is 0 Å². The number of aryl methyl sites for hydroxylation is 1. The number of hydrogen-bond donors (Lipinski definition) is 1. The summed E-state index contributed by atoms with van der Waals surface area (Å²) in [5, 5.41) is 0. The van der Waals surface area contributed by atoms with Gasteiger partial charge >= 0.3 is 5.56 Å². The van der Waals surface area contributed by atoms with E-state index in [1.807, 2.05) is 0 Å². The van der Waals surface area contributed by atoms with Crippen LogP contribution in [0.2, 0.25) is 0 Å². The third-order valence-corrected chi connectivity index (χ3v) is 3.79. The van der Waals surface area contributed by atoms with E-state index in [-0.39, 0.29) is 11.4 Å². The molecule has 0 saturated heterocycles. The Balaban J connectivity index is 1.98. The van der Waals surface area contributed by atoms with Gasteiger partial charge in [0, 0.05) is 19.4 Å². The van der Waals surface area contributed by atoms with Crippen LogP contribution in [0.3, 0.4) is 0 Å². The second kappa shape index (κ2) is 6.00. The predicted molar refractivity (Wildman–Crippen MR) is 69.5 cm³/mol. The second-order valence-corrected chi connectivity index (χ2v) is 5.00. The Morgan fingerprint density at radius 1 is 1.44 bits per heavy atom. The van der Waals surface area contributed by atoms with Gasteiger partial charge in [0.25, 0.3) is 5.88 Å². The van der Waals surface area contributed by atoms with Crippen molar-refractivity contribution in [3.8, 4) is 5.88 Å². The van der Waals surface area contributed by atoms with Crippen LogP contribution in [-0.4, -0.2) is 22.7 Å². The van der Waals surface area contributed by atoms with E-state index in [0.29, 0.717) is 25.0 Å². The molecule has 2 N–H and O–H groups in total. The Morgan fingerprint density at radius 3 is 2.89 bits per heavy atom. The van der Waals surface area contributed by atoms with E-state index >= 15 is 0 Å². The number of ether oxygens (including phenoxy) is 1. The van der Waals surface area contributed by atoms with E-state index in [1.54, 1.807) is 19.4 Å². The molecule has 1 heterocycles. The fourth-order valence-corrected chi connectivity index (χ4v) is 2.57. The summed E-state index contributed by atoms with van der Waals surface area (Å²) in [5.41, 5.74) is 5.60. The lowest BCUT2D eigenvalue weighted by atomic mass is 9.80. The third kappa shape index (κ3) is 2.90. The molecule has 1 saturated carbocycles. The van der Waals surface area contributed by atoms with Crippen LogP contribution in [0, 0.1) is 11.8 Å². The van der Waals surface area contributed by atoms with E-state index in [2.05, 4.69) is 4.98 Å². The maximum Gasteiger partial charge on any atom is 0.313 e. The zero-order valence-electron chi connectivity index (χ0n) is 10.8. The minimum atomic E-state index is -0.183. The fraction of sp³-hybridized carbons (Fsp3) is 0.692. The zero-order chi connectivity index (χ0) is 13.0. The molecule has 0 aliphatic heterocycles. The first kappa shape index (κ1) is 13.1. The molecule has 0 spiro atoms. The molecular formula is C13H21N3O2. The molecule has 100 valence electrons. The Bertz CT molecular complexity index is 444. The smallest absolute Gasteiger partial charge is 0.313 e. The summed E-state index contributed by atoms with van der Waals surface area (Å²) in [5.74, 6) is 1.17. The Hall–Kier alpha value is -1.36. The van der Waals surface area contributed by atoms with Crippen LogP contribution in [0.4, 0.5) is 0 Å². The quantitative estimate of drug-likeness (QED) is 0.864. The molecule has 0 bridgehead atoms. The van der Waals surface area contributed by atoms with Gasteiger partial charge in [0.05, 0.1) is 6.61 Å². The Morgan fingerprint density at radius 2 is 2.17 bits per heavy atom. The average molecular weight is 251 g/mol. The molecule has 5 heteroatoms. The first-order valence-corrected chi connectivity index (χ1v) is 6.57. The standard InChI is InChI=1S/C13H21N3O2/c1-16-7-6-15-12(13(16)17)18-9-11-5-3-2-4-10(11)8-14/h6-7,10-11H,2-5,8-9,14H2,1H3. The Kier molecular flexibility index (Phi) is 4.36. The molecule has 18 heavy (non-hydrogen) atoms. The van der Waals surface area contributed by atoms with Crippen molar-refractivity contribution in [3.63, 3.8) is 0 Å². The highest BCUT2D eigenvalue weighted by Crippen LogP contribution is 2.29. The van der Waals surface area contributed by atoms with Crippen molar-refractivity contribution in [1.29, 1.82) is 0 Å². The molecule has 5 nitrogen and oxygen atoms in total. The summed E-state index contributed by atoms with van der Waals surface area (Å²) in [6.07, 6.45) is 7.99. The fourth-order valence-electron chi connectivity index (χ4n) is 2.57. The van der Waals surface area contributed by atoms with Crippen LogP contribution in [0.1, 0.15) is 25.7 Å². The number of rotatable bonds is 4. The van der Waals surface area contributed by atoms with Crippen LogP contribution < -0.4 is 16.0 Å². The van der Waals surface area contributed by atoms with Gasteiger partial charge in [-0.1, -0.05) is 12.8 Å². The minimum absolute atomic E-state index is 0.183. The van der Waals surface area contributed by atoms with Crippen molar-refractivity contribution in [2.24, 2.45) is 24.6 Å². The highest BCUT2D eigenvalue weighted by Gasteiger charge is 2.24.